The van der Waals surface area contributed by atoms with Crippen LogP contribution in [0, 0.1) is 17.8 Å². The predicted octanol–water partition coefficient (Wildman–Crippen LogP) is 8.63. The Kier molecular flexibility index (Phi) is 10.4. The Balaban J connectivity index is 1.20. The van der Waals surface area contributed by atoms with E-state index in [4.69, 9.17) is 14.7 Å². The van der Waals surface area contributed by atoms with Gasteiger partial charge in [-0.25, -0.2) is 9.97 Å². The topological polar surface area (TPSA) is 108 Å². The number of aryl methyl sites for hydroxylation is 1. The van der Waals surface area contributed by atoms with Gasteiger partial charge in [0.25, 0.3) is 0 Å². The van der Waals surface area contributed by atoms with Crippen LogP contribution in [0.2, 0.25) is 0 Å². The summed E-state index contributed by atoms with van der Waals surface area (Å²) in [7, 11) is 0. The van der Waals surface area contributed by atoms with Gasteiger partial charge >= 0.3 is 5.97 Å². The molecule has 1 spiro atoms. The highest BCUT2D eigenvalue weighted by atomic mass is 16.5. The number of hydrogen-bond acceptors (Lipinski definition) is 9. The van der Waals surface area contributed by atoms with E-state index in [0.29, 0.717) is 12.0 Å². The summed E-state index contributed by atoms with van der Waals surface area (Å²) in [6, 6.07) is 12.7. The maximum Gasteiger partial charge on any atom is 0.307 e. The van der Waals surface area contributed by atoms with Crippen molar-refractivity contribution in [2.24, 2.45) is 10.8 Å². The number of piperidine rings is 2. The van der Waals surface area contributed by atoms with E-state index < -0.39 is 5.97 Å². The van der Waals surface area contributed by atoms with E-state index in [9.17, 15) is 9.90 Å². The number of carbonyl (C=O) groups is 1. The Morgan fingerprint density at radius 2 is 1.75 bits per heavy atom. The Morgan fingerprint density at radius 1 is 0.946 bits per heavy atom. The highest BCUT2D eigenvalue weighted by Gasteiger charge is 2.41. The first kappa shape index (κ1) is 38.5. The minimum Gasteiger partial charge on any atom is -0.481 e. The number of benzene rings is 1. The van der Waals surface area contributed by atoms with Crippen LogP contribution in [-0.4, -0.2) is 73.9 Å². The number of fused-ring (bicyclic) bond motifs is 1. The number of carboxylic acid groups (broad SMARTS) is 1. The minimum atomic E-state index is -0.845. The zero-order valence-corrected chi connectivity index (χ0v) is 34.3. The van der Waals surface area contributed by atoms with E-state index in [-0.39, 0.29) is 23.7 Å². The molecular formula is C46H59N7O3. The Morgan fingerprint density at radius 3 is 2.45 bits per heavy atom. The summed E-state index contributed by atoms with van der Waals surface area (Å²) in [5, 5.41) is 10.4. The molecule has 1 saturated carbocycles. The SMILES string of the molecule is Cc1nc(CN2CCC3(CCC3)CC2)c(-c2ccc3c(c2)CCN(c2nccc(-c4cccnc4)n2)C3)c(N2CCC(C)(C)CC2OC(C)(C)C)c1CC(=O)O. The molecule has 3 aromatic heterocycles. The second-order valence-corrected chi connectivity index (χ2v) is 18.7. The van der Waals surface area contributed by atoms with Gasteiger partial charge in [-0.05, 0) is 131 Å². The average molecular weight is 758 g/mol. The average Bonchev–Trinajstić information content (AvgIpc) is 3.15. The fourth-order valence-electron chi connectivity index (χ4n) is 9.53. The first-order valence-corrected chi connectivity index (χ1v) is 20.8. The van der Waals surface area contributed by atoms with Crippen molar-refractivity contribution in [1.29, 1.82) is 0 Å². The van der Waals surface area contributed by atoms with Crippen molar-refractivity contribution in [1.82, 2.24) is 24.8 Å². The maximum atomic E-state index is 12.7. The zero-order valence-electron chi connectivity index (χ0n) is 34.3. The predicted molar refractivity (Wildman–Crippen MR) is 222 cm³/mol. The fourth-order valence-corrected chi connectivity index (χ4v) is 9.53. The molecule has 4 aromatic rings. The van der Waals surface area contributed by atoms with Gasteiger partial charge in [0.05, 0.1) is 29.1 Å². The molecule has 10 nitrogen and oxygen atoms in total. The summed E-state index contributed by atoms with van der Waals surface area (Å²) in [6.45, 7) is 18.2. The van der Waals surface area contributed by atoms with Crippen LogP contribution in [0.15, 0.2) is 55.0 Å². The second-order valence-electron chi connectivity index (χ2n) is 18.7. The van der Waals surface area contributed by atoms with Crippen molar-refractivity contribution < 1.29 is 14.6 Å². The van der Waals surface area contributed by atoms with Crippen molar-refractivity contribution in [3.05, 3.63) is 83.1 Å². The van der Waals surface area contributed by atoms with Crippen molar-refractivity contribution in [3.63, 3.8) is 0 Å². The van der Waals surface area contributed by atoms with Crippen LogP contribution < -0.4 is 9.80 Å². The quantitative estimate of drug-likeness (QED) is 0.178. The van der Waals surface area contributed by atoms with E-state index in [0.717, 1.165) is 103 Å². The maximum absolute atomic E-state index is 12.7. The normalized spacial score (nSPS) is 20.8. The van der Waals surface area contributed by atoms with E-state index in [1.807, 2.05) is 37.5 Å². The van der Waals surface area contributed by atoms with Gasteiger partial charge in [0, 0.05) is 67.2 Å². The molecule has 10 heteroatoms. The molecule has 1 N–H and O–H groups in total. The molecule has 0 bridgehead atoms. The lowest BCUT2D eigenvalue weighted by Crippen LogP contribution is -2.50. The van der Waals surface area contributed by atoms with Gasteiger partial charge < -0.3 is 19.6 Å². The molecule has 0 amide bonds. The number of aromatic nitrogens is 4. The van der Waals surface area contributed by atoms with Crippen LogP contribution >= 0.6 is 0 Å². The Hall–Kier alpha value is -4.41. The number of pyridine rings is 2. The number of ether oxygens (including phenoxy) is 1. The summed E-state index contributed by atoms with van der Waals surface area (Å²) in [5.41, 5.74) is 10.4. The Labute approximate surface area is 332 Å². The van der Waals surface area contributed by atoms with Gasteiger partial charge in [-0.3, -0.25) is 19.7 Å². The van der Waals surface area contributed by atoms with Gasteiger partial charge in [0.15, 0.2) is 0 Å². The molecule has 4 aliphatic rings. The van der Waals surface area contributed by atoms with Crippen LogP contribution in [0.4, 0.5) is 11.6 Å². The van der Waals surface area contributed by atoms with E-state index in [1.165, 1.54) is 43.2 Å². The largest absolute Gasteiger partial charge is 0.481 e. The standard InChI is InChI=1S/C46H59N7O3/c1-31-36(26-40(54)55)42(53-24-16-45(5,6)27-39(53)56-44(2,3)4)41(38(49-31)30-51-22-17-46(18-23-51)14-8-15-46)33-10-11-35-29-52(21-13-32(35)25-33)43-48-20-12-37(50-43)34-9-7-19-47-28-34/h7,9-12,19-20,25,28,39H,8,13-18,21-24,26-27,29-30H2,1-6H3,(H,54,55). The van der Waals surface area contributed by atoms with Crippen molar-refractivity contribution in [2.75, 3.05) is 36.0 Å². The molecule has 1 aromatic carbocycles. The Bertz CT molecular complexity index is 2060. The van der Waals surface area contributed by atoms with Gasteiger partial charge in [-0.15, -0.1) is 0 Å². The number of aliphatic carboxylic acids is 1. The summed E-state index contributed by atoms with van der Waals surface area (Å²) in [5.74, 6) is -0.127. The number of likely N-dealkylation sites (tertiary alicyclic amines) is 1. The number of anilines is 2. The van der Waals surface area contributed by atoms with Gasteiger partial charge in [0.2, 0.25) is 5.95 Å². The van der Waals surface area contributed by atoms with Crippen LogP contribution in [0.25, 0.3) is 22.4 Å². The molecule has 1 atom stereocenters. The number of nitrogens with zero attached hydrogens (tertiary/aromatic N) is 7. The molecule has 1 aliphatic carbocycles. The van der Waals surface area contributed by atoms with Gasteiger partial charge in [-0.2, -0.15) is 0 Å². The summed E-state index contributed by atoms with van der Waals surface area (Å²) < 4.78 is 6.91. The van der Waals surface area contributed by atoms with Crippen LogP contribution in [-0.2, 0) is 35.5 Å². The molecule has 3 aliphatic heterocycles. The third-order valence-electron chi connectivity index (χ3n) is 12.9. The molecule has 296 valence electrons. The fraction of sp³-hybridized carbons (Fsp3) is 0.543. The summed E-state index contributed by atoms with van der Waals surface area (Å²) in [6.07, 6.45) is 14.4. The van der Waals surface area contributed by atoms with E-state index in [1.54, 1.807) is 6.20 Å². The second kappa shape index (κ2) is 15.2. The molecule has 6 heterocycles. The smallest absolute Gasteiger partial charge is 0.307 e. The van der Waals surface area contributed by atoms with Crippen molar-refractivity contribution >= 4 is 17.6 Å². The molecular weight excluding hydrogens is 699 g/mol. The van der Waals surface area contributed by atoms with Crippen LogP contribution in [0.5, 0.6) is 0 Å². The molecule has 8 rings (SSSR count). The molecule has 0 radical (unpaired) electrons. The van der Waals surface area contributed by atoms with Crippen molar-refractivity contribution in [3.8, 4) is 22.4 Å². The van der Waals surface area contributed by atoms with E-state index >= 15 is 0 Å². The lowest BCUT2D eigenvalue weighted by atomic mass is 9.63. The number of hydrogen-bond donors (Lipinski definition) is 1. The molecule has 2 saturated heterocycles. The summed E-state index contributed by atoms with van der Waals surface area (Å²) >= 11 is 0. The van der Waals surface area contributed by atoms with Crippen molar-refractivity contribution in [2.45, 2.75) is 124 Å². The van der Waals surface area contributed by atoms with Crippen LogP contribution in [0.3, 0.4) is 0 Å². The van der Waals surface area contributed by atoms with Gasteiger partial charge in [0.1, 0.15) is 6.23 Å². The molecule has 3 fully saturated rings. The molecule has 56 heavy (non-hydrogen) atoms. The van der Waals surface area contributed by atoms with Crippen LogP contribution in [0.1, 0.15) is 108 Å². The highest BCUT2D eigenvalue weighted by Crippen LogP contribution is 2.50. The number of rotatable bonds is 9. The third-order valence-corrected chi connectivity index (χ3v) is 12.9. The third kappa shape index (κ3) is 8.19. The van der Waals surface area contributed by atoms with Gasteiger partial charge in [-0.1, -0.05) is 38.5 Å². The zero-order chi connectivity index (χ0) is 39.2. The molecule has 1 unspecified atom stereocenters. The number of carboxylic acids is 1. The van der Waals surface area contributed by atoms with E-state index in [2.05, 4.69) is 77.5 Å². The first-order valence-electron chi connectivity index (χ1n) is 20.8. The summed E-state index contributed by atoms with van der Waals surface area (Å²) in [4.78, 5) is 39.1. The highest BCUT2D eigenvalue weighted by molar-refractivity contribution is 5.87. The lowest BCUT2D eigenvalue weighted by molar-refractivity contribution is -0.136. The minimum absolute atomic E-state index is 0.0895. The lowest BCUT2D eigenvalue weighted by Gasteiger charge is -2.48. The monoisotopic (exact) mass is 757 g/mol. The first-order chi connectivity index (χ1) is 26.7.